The molecule has 274 valence electrons. The minimum Gasteiger partial charge on any atom is -0.394 e. The first-order valence-corrected chi connectivity index (χ1v) is 15.9. The highest BCUT2D eigenvalue weighted by atomic mass is 16.7. The second kappa shape index (κ2) is 19.2. The maximum atomic E-state index is 12.3. The lowest BCUT2D eigenvalue weighted by atomic mass is 9.96. The summed E-state index contributed by atoms with van der Waals surface area (Å²) in [6.45, 7) is -0.288. The third kappa shape index (κ3) is 10.6. The Morgan fingerprint density at radius 3 is 1.62 bits per heavy atom. The van der Waals surface area contributed by atoms with Crippen molar-refractivity contribution in [2.45, 2.75) is 144 Å². The fourth-order valence-electron chi connectivity index (χ4n) is 5.55. The summed E-state index contributed by atoms with van der Waals surface area (Å²) in [7, 11) is 0. The summed E-state index contributed by atoms with van der Waals surface area (Å²) in [4.78, 5) is 23.9. The Labute approximate surface area is 271 Å². The Hall–Kier alpha value is -1.30. The predicted octanol–water partition coefficient (Wildman–Crippen LogP) is -4.66. The topological polar surface area (TPSA) is 292 Å². The van der Waals surface area contributed by atoms with Crippen molar-refractivity contribution in [1.82, 2.24) is 0 Å². The molecule has 3 fully saturated rings. The molecule has 0 aliphatic carbocycles. The summed E-state index contributed by atoms with van der Waals surface area (Å²) in [5.41, 5.74) is 0. The molecule has 10 N–H and O–H groups in total. The van der Waals surface area contributed by atoms with Crippen LogP contribution in [-0.2, 0) is 38.0 Å². The largest absolute Gasteiger partial charge is 0.394 e. The zero-order valence-corrected chi connectivity index (χ0v) is 26.2. The summed E-state index contributed by atoms with van der Waals surface area (Å²) in [6, 6.07) is 0. The van der Waals surface area contributed by atoms with E-state index in [-0.39, 0.29) is 37.4 Å². The highest BCUT2D eigenvalue weighted by Gasteiger charge is 2.52. The standard InChI is InChI=1S/C29H50O18/c1-2-5-13(32)6-3-7-14(33)8-4-9-42-28-25(41)26(47-29-24(40)22(38)19(35)16(11-31)45-29)20(36)17(46-28)12-43-27-23(39)21(37)18(34)15(10-30)44-27/h15-31,34-41H,2-12H2,1H3/t15-,16-,17-,18-,19-,20-,21+,22+,23+,24+,25+,26+,27+,28-,29-/m1/s1. The fraction of sp³-hybridized carbons (Fsp3) is 0.931. The minimum absolute atomic E-state index is 0.0898. The summed E-state index contributed by atoms with van der Waals surface area (Å²) in [6.07, 6.45) is -22.2. The zero-order valence-electron chi connectivity index (χ0n) is 26.2. The van der Waals surface area contributed by atoms with E-state index in [9.17, 15) is 60.7 Å². The van der Waals surface area contributed by atoms with E-state index in [0.717, 1.165) is 6.42 Å². The van der Waals surface area contributed by atoms with Crippen LogP contribution in [0.1, 0.15) is 51.9 Å². The van der Waals surface area contributed by atoms with Crippen LogP contribution >= 0.6 is 0 Å². The van der Waals surface area contributed by atoms with Gasteiger partial charge < -0.3 is 79.5 Å². The SMILES string of the molecule is CCCC(=O)CCCC(=O)CCCO[C@@H]1O[C@H](CO[C@H]2O[C@H](CO)[C@@H](O)[C@H](O)[C@@H]2O)[C@@H](O)[C@H](O[C@H]2O[C@H](CO)[C@@H](O)[C@H](O)[C@@H]2O)[C@@H]1O. The molecule has 15 atom stereocenters. The fourth-order valence-corrected chi connectivity index (χ4v) is 5.55. The lowest BCUT2D eigenvalue weighted by Gasteiger charge is -2.46. The molecule has 3 aliphatic rings. The molecule has 0 spiro atoms. The molecule has 0 aromatic rings. The van der Waals surface area contributed by atoms with Crippen LogP contribution in [0.3, 0.4) is 0 Å². The van der Waals surface area contributed by atoms with Gasteiger partial charge in [0.2, 0.25) is 0 Å². The van der Waals surface area contributed by atoms with Gasteiger partial charge in [-0.25, -0.2) is 0 Å². The smallest absolute Gasteiger partial charge is 0.187 e. The number of aliphatic hydroxyl groups excluding tert-OH is 10. The lowest BCUT2D eigenvalue weighted by molar-refractivity contribution is -0.366. The average Bonchev–Trinajstić information content (AvgIpc) is 3.05. The molecule has 0 aromatic carbocycles. The van der Waals surface area contributed by atoms with Crippen molar-refractivity contribution in [3.05, 3.63) is 0 Å². The Bertz CT molecular complexity index is 952. The molecule has 3 heterocycles. The molecular weight excluding hydrogens is 636 g/mol. The van der Waals surface area contributed by atoms with E-state index in [1.807, 2.05) is 6.92 Å². The Balaban J connectivity index is 1.66. The van der Waals surface area contributed by atoms with E-state index in [2.05, 4.69) is 0 Å². The van der Waals surface area contributed by atoms with Gasteiger partial charge in [0.1, 0.15) is 84.8 Å². The van der Waals surface area contributed by atoms with Crippen LogP contribution in [0.2, 0.25) is 0 Å². The number of hydrogen-bond donors (Lipinski definition) is 10. The third-order valence-electron chi connectivity index (χ3n) is 8.38. The summed E-state index contributed by atoms with van der Waals surface area (Å²) in [5.74, 6) is 0.00730. The summed E-state index contributed by atoms with van der Waals surface area (Å²) >= 11 is 0. The zero-order chi connectivity index (χ0) is 34.8. The molecule has 0 amide bonds. The molecule has 3 rings (SSSR count). The molecule has 0 radical (unpaired) electrons. The normalized spacial score (nSPS) is 41.1. The molecule has 0 saturated carbocycles. The molecule has 47 heavy (non-hydrogen) atoms. The number of carbonyl (C=O) groups excluding carboxylic acids is 2. The first-order chi connectivity index (χ1) is 22.3. The number of ether oxygens (including phenoxy) is 6. The van der Waals surface area contributed by atoms with E-state index >= 15 is 0 Å². The number of rotatable bonds is 18. The van der Waals surface area contributed by atoms with Gasteiger partial charge in [-0.1, -0.05) is 6.92 Å². The van der Waals surface area contributed by atoms with Gasteiger partial charge in [0.25, 0.3) is 0 Å². The molecule has 18 heteroatoms. The molecule has 0 bridgehead atoms. The van der Waals surface area contributed by atoms with Crippen LogP contribution in [0.15, 0.2) is 0 Å². The Morgan fingerprint density at radius 2 is 1.04 bits per heavy atom. The van der Waals surface area contributed by atoms with Crippen molar-refractivity contribution >= 4 is 11.6 Å². The van der Waals surface area contributed by atoms with E-state index in [4.69, 9.17) is 28.4 Å². The van der Waals surface area contributed by atoms with Crippen molar-refractivity contribution in [3.8, 4) is 0 Å². The molecular formula is C29H50O18. The van der Waals surface area contributed by atoms with Gasteiger partial charge in [0.05, 0.1) is 26.4 Å². The maximum absolute atomic E-state index is 12.3. The van der Waals surface area contributed by atoms with E-state index in [1.54, 1.807) is 0 Å². The number of aliphatic hydroxyl groups is 10. The number of carbonyl (C=O) groups is 2. The first kappa shape index (κ1) is 40.1. The van der Waals surface area contributed by atoms with Gasteiger partial charge >= 0.3 is 0 Å². The number of hydrogen-bond acceptors (Lipinski definition) is 18. The van der Waals surface area contributed by atoms with Gasteiger partial charge in [0.15, 0.2) is 18.9 Å². The van der Waals surface area contributed by atoms with Crippen LogP contribution in [0.5, 0.6) is 0 Å². The van der Waals surface area contributed by atoms with Crippen molar-refractivity contribution in [3.63, 3.8) is 0 Å². The van der Waals surface area contributed by atoms with Crippen molar-refractivity contribution in [2.75, 3.05) is 26.4 Å². The van der Waals surface area contributed by atoms with Crippen LogP contribution in [-0.4, -0.2) is 181 Å². The van der Waals surface area contributed by atoms with E-state index in [0.29, 0.717) is 19.3 Å². The predicted molar refractivity (Wildman–Crippen MR) is 153 cm³/mol. The van der Waals surface area contributed by atoms with Crippen LogP contribution in [0.4, 0.5) is 0 Å². The Kier molecular flexibility index (Phi) is 16.4. The maximum Gasteiger partial charge on any atom is 0.187 e. The first-order valence-electron chi connectivity index (χ1n) is 15.9. The van der Waals surface area contributed by atoms with Crippen LogP contribution in [0.25, 0.3) is 0 Å². The van der Waals surface area contributed by atoms with Crippen LogP contribution < -0.4 is 0 Å². The monoisotopic (exact) mass is 686 g/mol. The van der Waals surface area contributed by atoms with Crippen molar-refractivity contribution in [1.29, 1.82) is 0 Å². The molecule has 3 aliphatic heterocycles. The Morgan fingerprint density at radius 1 is 0.553 bits per heavy atom. The quantitative estimate of drug-likeness (QED) is 0.0606. The average molecular weight is 687 g/mol. The second-order valence-corrected chi connectivity index (χ2v) is 12.0. The lowest BCUT2D eigenvalue weighted by Crippen LogP contribution is -2.65. The minimum atomic E-state index is -1.87. The molecule has 18 nitrogen and oxygen atoms in total. The number of ketones is 2. The van der Waals surface area contributed by atoms with Crippen molar-refractivity contribution in [2.24, 2.45) is 0 Å². The summed E-state index contributed by atoms with van der Waals surface area (Å²) < 4.78 is 33.2. The van der Waals surface area contributed by atoms with Gasteiger partial charge in [-0.2, -0.15) is 0 Å². The third-order valence-corrected chi connectivity index (χ3v) is 8.38. The molecule has 0 aromatic heterocycles. The van der Waals surface area contributed by atoms with Gasteiger partial charge in [-0.15, -0.1) is 0 Å². The van der Waals surface area contributed by atoms with E-state index < -0.39 is 112 Å². The molecule has 3 saturated heterocycles. The molecule has 0 unspecified atom stereocenters. The van der Waals surface area contributed by atoms with Crippen molar-refractivity contribution < 1.29 is 89.1 Å². The van der Waals surface area contributed by atoms with Crippen LogP contribution in [0, 0.1) is 0 Å². The number of Topliss-reactive ketones (excluding diaryl/α,β-unsaturated/α-hetero) is 2. The second-order valence-electron chi connectivity index (χ2n) is 12.0. The highest BCUT2D eigenvalue weighted by molar-refractivity contribution is 5.81. The van der Waals surface area contributed by atoms with Gasteiger partial charge in [0, 0.05) is 25.7 Å². The van der Waals surface area contributed by atoms with Gasteiger partial charge in [-0.05, 0) is 19.3 Å². The summed E-state index contributed by atoms with van der Waals surface area (Å²) in [5, 5.41) is 102. The highest BCUT2D eigenvalue weighted by Crippen LogP contribution is 2.31. The van der Waals surface area contributed by atoms with Gasteiger partial charge in [-0.3, -0.25) is 9.59 Å². The van der Waals surface area contributed by atoms with E-state index in [1.165, 1.54) is 0 Å².